The molecule has 2 aliphatic heterocycles. The normalized spacial score (nSPS) is 20.9. The SMILES string of the molecule is CC(NC(=O)c1cccc(S(=O)(=O)N2CCCCC2C)c1)c1ccc(N2CCOCC2)cc1. The molecule has 0 aliphatic carbocycles. The van der Waals surface area contributed by atoms with Gasteiger partial charge in [0.2, 0.25) is 10.0 Å². The molecule has 0 spiro atoms. The number of morpholine rings is 1. The lowest BCUT2D eigenvalue weighted by Crippen LogP contribution is -2.42. The van der Waals surface area contributed by atoms with Gasteiger partial charge in [0.25, 0.3) is 5.91 Å². The van der Waals surface area contributed by atoms with E-state index in [4.69, 9.17) is 4.74 Å². The van der Waals surface area contributed by atoms with Crippen molar-refractivity contribution in [1.82, 2.24) is 9.62 Å². The van der Waals surface area contributed by atoms with Crippen LogP contribution < -0.4 is 10.2 Å². The molecular weight excluding hydrogens is 438 g/mol. The fourth-order valence-electron chi connectivity index (χ4n) is 4.52. The van der Waals surface area contributed by atoms with Crippen molar-refractivity contribution >= 4 is 21.6 Å². The number of nitrogens with zero attached hydrogens (tertiary/aromatic N) is 2. The number of anilines is 1. The van der Waals surface area contributed by atoms with Crippen LogP contribution in [0.3, 0.4) is 0 Å². The minimum atomic E-state index is -3.62. The molecule has 0 bridgehead atoms. The minimum Gasteiger partial charge on any atom is -0.378 e. The van der Waals surface area contributed by atoms with Crippen LogP contribution in [0.25, 0.3) is 0 Å². The van der Waals surface area contributed by atoms with Crippen LogP contribution in [-0.4, -0.2) is 57.5 Å². The Morgan fingerprint density at radius 1 is 1.06 bits per heavy atom. The van der Waals surface area contributed by atoms with Crippen LogP contribution >= 0.6 is 0 Å². The predicted octanol–water partition coefficient (Wildman–Crippen LogP) is 3.58. The van der Waals surface area contributed by atoms with Crippen molar-refractivity contribution in [2.24, 2.45) is 0 Å². The van der Waals surface area contributed by atoms with Gasteiger partial charge in [0.05, 0.1) is 24.2 Å². The van der Waals surface area contributed by atoms with Gasteiger partial charge in [-0.3, -0.25) is 4.79 Å². The Morgan fingerprint density at radius 3 is 2.48 bits per heavy atom. The average molecular weight is 472 g/mol. The summed E-state index contributed by atoms with van der Waals surface area (Å²) in [6.45, 7) is 7.62. The lowest BCUT2D eigenvalue weighted by atomic mass is 10.1. The summed E-state index contributed by atoms with van der Waals surface area (Å²) >= 11 is 0. The molecule has 2 aromatic rings. The molecule has 1 amide bonds. The number of carbonyl (C=O) groups excluding carboxylic acids is 1. The average Bonchev–Trinajstić information content (AvgIpc) is 2.85. The number of carbonyl (C=O) groups is 1. The zero-order valence-corrected chi connectivity index (χ0v) is 20.2. The Balaban J connectivity index is 1.44. The van der Waals surface area contributed by atoms with E-state index in [-0.39, 0.29) is 22.9 Å². The molecule has 4 rings (SSSR count). The van der Waals surface area contributed by atoms with Gasteiger partial charge in [-0.15, -0.1) is 0 Å². The molecule has 2 aliphatic rings. The Bertz CT molecular complexity index is 1070. The fraction of sp³-hybridized carbons (Fsp3) is 0.480. The maximum atomic E-state index is 13.2. The summed E-state index contributed by atoms with van der Waals surface area (Å²) in [5.74, 6) is -0.288. The lowest BCUT2D eigenvalue weighted by molar-refractivity contribution is 0.0939. The second-order valence-corrected chi connectivity index (χ2v) is 10.8. The highest BCUT2D eigenvalue weighted by Gasteiger charge is 2.31. The van der Waals surface area contributed by atoms with Crippen molar-refractivity contribution in [3.63, 3.8) is 0 Å². The minimum absolute atomic E-state index is 0.0262. The molecule has 7 nitrogen and oxygen atoms in total. The summed E-state index contributed by atoms with van der Waals surface area (Å²) in [7, 11) is -3.62. The van der Waals surface area contributed by atoms with E-state index in [1.54, 1.807) is 22.5 Å². The molecule has 0 radical (unpaired) electrons. The van der Waals surface area contributed by atoms with Crippen molar-refractivity contribution in [2.45, 2.75) is 50.1 Å². The van der Waals surface area contributed by atoms with Gasteiger partial charge in [0.1, 0.15) is 0 Å². The van der Waals surface area contributed by atoms with Gasteiger partial charge in [-0.25, -0.2) is 8.42 Å². The molecule has 1 N–H and O–H groups in total. The summed E-state index contributed by atoms with van der Waals surface area (Å²) in [5, 5.41) is 3.00. The molecule has 33 heavy (non-hydrogen) atoms. The third kappa shape index (κ3) is 5.39. The lowest BCUT2D eigenvalue weighted by Gasteiger charge is -2.32. The van der Waals surface area contributed by atoms with Crippen LogP contribution in [0.15, 0.2) is 53.4 Å². The zero-order valence-electron chi connectivity index (χ0n) is 19.4. The quantitative estimate of drug-likeness (QED) is 0.697. The third-order valence-corrected chi connectivity index (χ3v) is 8.57. The van der Waals surface area contributed by atoms with Crippen molar-refractivity contribution in [3.05, 3.63) is 59.7 Å². The predicted molar refractivity (Wildman–Crippen MR) is 129 cm³/mol. The molecule has 2 unspecified atom stereocenters. The van der Waals surface area contributed by atoms with Gasteiger partial charge in [0.15, 0.2) is 0 Å². The van der Waals surface area contributed by atoms with Crippen molar-refractivity contribution < 1.29 is 17.9 Å². The maximum Gasteiger partial charge on any atom is 0.251 e. The molecule has 2 aromatic carbocycles. The molecule has 8 heteroatoms. The van der Waals surface area contributed by atoms with Crippen LogP contribution in [0, 0.1) is 0 Å². The summed E-state index contributed by atoms with van der Waals surface area (Å²) in [6.07, 6.45) is 2.77. The first-order valence-corrected chi connectivity index (χ1v) is 13.2. The molecule has 2 fully saturated rings. The number of nitrogens with one attached hydrogen (secondary N) is 1. The van der Waals surface area contributed by atoms with Gasteiger partial charge in [-0.2, -0.15) is 4.31 Å². The van der Waals surface area contributed by atoms with E-state index in [9.17, 15) is 13.2 Å². The topological polar surface area (TPSA) is 79.0 Å². The Morgan fingerprint density at radius 2 is 1.79 bits per heavy atom. The van der Waals surface area contributed by atoms with Crippen molar-refractivity contribution in [3.8, 4) is 0 Å². The number of hydrogen-bond acceptors (Lipinski definition) is 5. The first-order valence-electron chi connectivity index (χ1n) is 11.7. The number of rotatable bonds is 6. The summed E-state index contributed by atoms with van der Waals surface area (Å²) in [5.41, 5.74) is 2.48. The fourth-order valence-corrected chi connectivity index (χ4v) is 6.27. The van der Waals surface area contributed by atoms with Gasteiger partial charge in [-0.05, 0) is 62.6 Å². The molecular formula is C25H33N3O4S. The monoisotopic (exact) mass is 471 g/mol. The van der Waals surface area contributed by atoms with Crippen LogP contribution in [0.1, 0.15) is 55.1 Å². The van der Waals surface area contributed by atoms with E-state index in [0.29, 0.717) is 12.1 Å². The van der Waals surface area contributed by atoms with Gasteiger partial charge in [-0.1, -0.05) is 24.6 Å². The molecule has 2 atom stereocenters. The van der Waals surface area contributed by atoms with Gasteiger partial charge in [0, 0.05) is 36.9 Å². The number of amides is 1. The molecule has 0 saturated carbocycles. The number of benzene rings is 2. The van der Waals surface area contributed by atoms with Crippen molar-refractivity contribution in [1.29, 1.82) is 0 Å². The second-order valence-electron chi connectivity index (χ2n) is 8.87. The molecule has 2 heterocycles. The third-order valence-electron chi connectivity index (χ3n) is 6.56. The van der Waals surface area contributed by atoms with Crippen molar-refractivity contribution in [2.75, 3.05) is 37.7 Å². The second kappa shape index (κ2) is 10.2. The highest BCUT2D eigenvalue weighted by molar-refractivity contribution is 7.89. The standard InChI is InChI=1S/C25H33N3O4S/c1-19-6-3-4-13-28(19)33(30,31)24-8-5-7-22(18-24)25(29)26-20(2)21-9-11-23(12-10-21)27-14-16-32-17-15-27/h5,7-12,18-20H,3-4,6,13-17H2,1-2H3,(H,26,29). The van der Waals surface area contributed by atoms with Gasteiger partial charge >= 0.3 is 0 Å². The maximum absolute atomic E-state index is 13.2. The number of piperidine rings is 1. The zero-order chi connectivity index (χ0) is 23.4. The van der Waals surface area contributed by atoms with Gasteiger partial charge < -0.3 is 15.0 Å². The Kier molecular flexibility index (Phi) is 7.36. The largest absolute Gasteiger partial charge is 0.378 e. The number of ether oxygens (including phenoxy) is 1. The summed E-state index contributed by atoms with van der Waals surface area (Å²) in [4.78, 5) is 15.4. The first-order chi connectivity index (χ1) is 15.9. The highest BCUT2D eigenvalue weighted by atomic mass is 32.2. The smallest absolute Gasteiger partial charge is 0.251 e. The van der Waals surface area contributed by atoms with Crippen LogP contribution in [-0.2, 0) is 14.8 Å². The summed E-state index contributed by atoms with van der Waals surface area (Å²) < 4.78 is 33.3. The highest BCUT2D eigenvalue weighted by Crippen LogP contribution is 2.26. The van der Waals surface area contributed by atoms with E-state index in [2.05, 4.69) is 22.3 Å². The van der Waals surface area contributed by atoms with E-state index < -0.39 is 10.0 Å². The van der Waals surface area contributed by atoms with E-state index in [1.165, 1.54) is 6.07 Å². The molecule has 178 valence electrons. The van der Waals surface area contributed by atoms with Crippen LogP contribution in [0.5, 0.6) is 0 Å². The first kappa shape index (κ1) is 23.7. The van der Waals surface area contributed by atoms with Crippen LogP contribution in [0.4, 0.5) is 5.69 Å². The molecule has 2 saturated heterocycles. The molecule has 0 aromatic heterocycles. The van der Waals surface area contributed by atoms with E-state index in [1.807, 2.05) is 26.0 Å². The summed E-state index contributed by atoms with van der Waals surface area (Å²) in [6, 6.07) is 14.3. The van der Waals surface area contributed by atoms with E-state index >= 15 is 0 Å². The van der Waals surface area contributed by atoms with Crippen LogP contribution in [0.2, 0.25) is 0 Å². The Hall–Kier alpha value is -2.42. The number of sulfonamides is 1. The Labute approximate surface area is 196 Å². The number of hydrogen-bond donors (Lipinski definition) is 1. The van der Waals surface area contributed by atoms with E-state index in [0.717, 1.165) is 56.8 Å².